The average Bonchev–Trinajstić information content (AvgIpc) is 2.17. The Morgan fingerprint density at radius 1 is 1.60 bits per heavy atom. The summed E-state index contributed by atoms with van der Waals surface area (Å²) in [5.41, 5.74) is 5.79. The minimum absolute atomic E-state index is 0.0750. The molecule has 3 N–H and O–H groups in total. The Kier molecular flexibility index (Phi) is 3.42. The first kappa shape index (κ1) is 11.7. The topological polar surface area (TPSA) is 68.0 Å². The maximum Gasteiger partial charge on any atom is 0.239 e. The lowest BCUT2D eigenvalue weighted by Gasteiger charge is -2.21. The van der Waals surface area contributed by atoms with Crippen LogP contribution in [-0.4, -0.2) is 16.4 Å². The smallest absolute Gasteiger partial charge is 0.239 e. The van der Waals surface area contributed by atoms with Gasteiger partial charge in [-0.3, -0.25) is 9.78 Å². The number of carbonyl (C=O) groups is 1. The van der Waals surface area contributed by atoms with E-state index in [-0.39, 0.29) is 11.9 Å². The van der Waals surface area contributed by atoms with E-state index in [4.69, 9.17) is 5.73 Å². The first-order valence-corrected chi connectivity index (χ1v) is 4.91. The molecule has 1 amide bonds. The lowest BCUT2D eigenvalue weighted by atomic mass is 10.0. The number of aromatic nitrogens is 1. The molecule has 15 heavy (non-hydrogen) atoms. The molecule has 1 aromatic heterocycles. The number of nitrogens with one attached hydrogen (secondary N) is 1. The number of amides is 1. The van der Waals surface area contributed by atoms with Crippen molar-refractivity contribution < 1.29 is 4.79 Å². The highest BCUT2D eigenvalue weighted by Crippen LogP contribution is 2.11. The summed E-state index contributed by atoms with van der Waals surface area (Å²) >= 11 is 0. The summed E-state index contributed by atoms with van der Waals surface area (Å²) in [5.74, 6) is -0.168. The maximum absolute atomic E-state index is 11.6. The molecule has 1 aromatic rings. The summed E-state index contributed by atoms with van der Waals surface area (Å²) in [6, 6.07) is 3.68. The number of rotatable bonds is 3. The van der Waals surface area contributed by atoms with Gasteiger partial charge in [0.1, 0.15) is 0 Å². The predicted molar refractivity (Wildman–Crippen MR) is 59.1 cm³/mol. The molecular weight excluding hydrogens is 190 g/mol. The standard InChI is InChI=1S/C11H17N3O/c1-8(9-5-4-6-13-7-9)14-10(15)11(2,3)12/h4-8H,12H2,1-3H3,(H,14,15). The normalized spacial score (nSPS) is 13.3. The van der Waals surface area contributed by atoms with Gasteiger partial charge in [-0.05, 0) is 32.4 Å². The summed E-state index contributed by atoms with van der Waals surface area (Å²) in [5, 5.41) is 2.83. The van der Waals surface area contributed by atoms with Crippen LogP contribution in [0.15, 0.2) is 24.5 Å². The number of pyridine rings is 1. The van der Waals surface area contributed by atoms with Gasteiger partial charge >= 0.3 is 0 Å². The van der Waals surface area contributed by atoms with E-state index in [1.165, 1.54) is 0 Å². The van der Waals surface area contributed by atoms with Gasteiger partial charge in [0.05, 0.1) is 11.6 Å². The SMILES string of the molecule is CC(NC(=O)C(C)(C)N)c1cccnc1. The number of hydrogen-bond acceptors (Lipinski definition) is 3. The summed E-state index contributed by atoms with van der Waals surface area (Å²) in [6.45, 7) is 5.26. The molecule has 82 valence electrons. The zero-order chi connectivity index (χ0) is 11.5. The molecule has 1 heterocycles. The van der Waals surface area contributed by atoms with Crippen LogP contribution in [0.3, 0.4) is 0 Å². The summed E-state index contributed by atoms with van der Waals surface area (Å²) in [6.07, 6.45) is 3.43. The highest BCUT2D eigenvalue weighted by molar-refractivity contribution is 5.85. The predicted octanol–water partition coefficient (Wildman–Crippen LogP) is 0.996. The molecule has 1 atom stereocenters. The lowest BCUT2D eigenvalue weighted by molar-refractivity contribution is -0.125. The molecule has 4 nitrogen and oxygen atoms in total. The second-order valence-corrected chi connectivity index (χ2v) is 4.20. The molecular formula is C11H17N3O. The van der Waals surface area contributed by atoms with Gasteiger partial charge in [-0.25, -0.2) is 0 Å². The molecule has 1 rings (SSSR count). The van der Waals surface area contributed by atoms with E-state index in [2.05, 4.69) is 10.3 Å². The Hall–Kier alpha value is -1.42. The summed E-state index contributed by atoms with van der Waals surface area (Å²) in [4.78, 5) is 15.6. The maximum atomic E-state index is 11.6. The monoisotopic (exact) mass is 207 g/mol. The fourth-order valence-electron chi connectivity index (χ4n) is 1.10. The molecule has 0 radical (unpaired) electrons. The molecule has 0 fully saturated rings. The van der Waals surface area contributed by atoms with Crippen molar-refractivity contribution in [1.29, 1.82) is 0 Å². The van der Waals surface area contributed by atoms with Gasteiger partial charge in [-0.1, -0.05) is 6.07 Å². The fraction of sp³-hybridized carbons (Fsp3) is 0.455. The van der Waals surface area contributed by atoms with Crippen molar-refractivity contribution in [1.82, 2.24) is 10.3 Å². The van der Waals surface area contributed by atoms with Gasteiger partial charge in [0.15, 0.2) is 0 Å². The van der Waals surface area contributed by atoms with Gasteiger partial charge < -0.3 is 11.1 Å². The molecule has 0 aliphatic heterocycles. The molecule has 0 bridgehead atoms. The second-order valence-electron chi connectivity index (χ2n) is 4.20. The second kappa shape index (κ2) is 4.40. The molecule has 0 aromatic carbocycles. The van der Waals surface area contributed by atoms with Gasteiger partial charge in [0, 0.05) is 12.4 Å². The Morgan fingerprint density at radius 3 is 2.73 bits per heavy atom. The third kappa shape index (κ3) is 3.32. The Bertz CT molecular complexity index is 329. The van der Waals surface area contributed by atoms with Crippen LogP contribution in [0, 0.1) is 0 Å². The van der Waals surface area contributed by atoms with Gasteiger partial charge in [0.2, 0.25) is 5.91 Å². The summed E-state index contributed by atoms with van der Waals surface area (Å²) < 4.78 is 0. The Balaban J connectivity index is 2.65. The molecule has 0 aliphatic carbocycles. The van der Waals surface area contributed by atoms with Crippen molar-refractivity contribution in [2.45, 2.75) is 32.4 Å². The van der Waals surface area contributed by atoms with Gasteiger partial charge in [-0.15, -0.1) is 0 Å². The highest BCUT2D eigenvalue weighted by atomic mass is 16.2. The first-order chi connectivity index (χ1) is 6.91. The highest BCUT2D eigenvalue weighted by Gasteiger charge is 2.23. The van der Waals surface area contributed by atoms with E-state index in [0.717, 1.165) is 5.56 Å². The largest absolute Gasteiger partial charge is 0.348 e. The van der Waals surface area contributed by atoms with Crippen LogP contribution in [0.5, 0.6) is 0 Å². The molecule has 0 saturated heterocycles. The minimum Gasteiger partial charge on any atom is -0.348 e. The Labute approximate surface area is 89.9 Å². The van der Waals surface area contributed by atoms with Gasteiger partial charge in [0.25, 0.3) is 0 Å². The van der Waals surface area contributed by atoms with Crippen LogP contribution < -0.4 is 11.1 Å². The number of nitrogens with zero attached hydrogens (tertiary/aromatic N) is 1. The number of hydrogen-bond donors (Lipinski definition) is 2. The van der Waals surface area contributed by atoms with Crippen LogP contribution >= 0.6 is 0 Å². The average molecular weight is 207 g/mol. The number of carbonyl (C=O) groups excluding carboxylic acids is 1. The molecule has 0 spiro atoms. The van der Waals surface area contributed by atoms with E-state index in [0.29, 0.717) is 0 Å². The molecule has 4 heteroatoms. The lowest BCUT2D eigenvalue weighted by Crippen LogP contribution is -2.49. The van der Waals surface area contributed by atoms with Crippen molar-refractivity contribution in [3.8, 4) is 0 Å². The van der Waals surface area contributed by atoms with E-state index < -0.39 is 5.54 Å². The van der Waals surface area contributed by atoms with Crippen LogP contribution in [0.1, 0.15) is 32.4 Å². The fourth-order valence-corrected chi connectivity index (χ4v) is 1.10. The van der Waals surface area contributed by atoms with Crippen molar-refractivity contribution in [3.63, 3.8) is 0 Å². The van der Waals surface area contributed by atoms with E-state index in [9.17, 15) is 4.79 Å². The molecule has 1 unspecified atom stereocenters. The third-order valence-corrected chi connectivity index (χ3v) is 2.12. The summed E-state index contributed by atoms with van der Waals surface area (Å²) in [7, 11) is 0. The quantitative estimate of drug-likeness (QED) is 0.776. The van der Waals surface area contributed by atoms with Crippen molar-refractivity contribution in [2.24, 2.45) is 5.73 Å². The van der Waals surface area contributed by atoms with E-state index >= 15 is 0 Å². The Morgan fingerprint density at radius 2 is 2.27 bits per heavy atom. The zero-order valence-corrected chi connectivity index (χ0v) is 9.32. The van der Waals surface area contributed by atoms with E-state index in [1.54, 1.807) is 26.2 Å². The van der Waals surface area contributed by atoms with Crippen LogP contribution in [-0.2, 0) is 4.79 Å². The van der Waals surface area contributed by atoms with E-state index in [1.807, 2.05) is 19.1 Å². The van der Waals surface area contributed by atoms with Crippen molar-refractivity contribution >= 4 is 5.91 Å². The van der Waals surface area contributed by atoms with Crippen molar-refractivity contribution in [2.75, 3.05) is 0 Å². The third-order valence-electron chi connectivity index (χ3n) is 2.12. The minimum atomic E-state index is -0.851. The van der Waals surface area contributed by atoms with Gasteiger partial charge in [-0.2, -0.15) is 0 Å². The van der Waals surface area contributed by atoms with Crippen LogP contribution in [0.4, 0.5) is 0 Å². The zero-order valence-electron chi connectivity index (χ0n) is 9.32. The van der Waals surface area contributed by atoms with Crippen LogP contribution in [0.25, 0.3) is 0 Å². The number of nitrogens with two attached hydrogens (primary N) is 1. The van der Waals surface area contributed by atoms with Crippen LogP contribution in [0.2, 0.25) is 0 Å². The molecule has 0 aliphatic rings. The molecule has 0 saturated carbocycles. The van der Waals surface area contributed by atoms with Crippen molar-refractivity contribution in [3.05, 3.63) is 30.1 Å². The first-order valence-electron chi connectivity index (χ1n) is 4.91.